The SMILES string of the molecule is CC1=C(C(=O)Nc2ccccc2C)C(c2ccccc2)n2c(s/c(=C/c3ccccc3OC(F)F)c2=O)=N1. The van der Waals surface area contributed by atoms with Crippen molar-refractivity contribution in [3.63, 3.8) is 0 Å². The molecule has 1 unspecified atom stereocenters. The second kappa shape index (κ2) is 10.5. The molecule has 192 valence electrons. The van der Waals surface area contributed by atoms with Crippen LogP contribution in [0.3, 0.4) is 0 Å². The molecule has 0 saturated heterocycles. The number of anilines is 1. The average molecular weight is 532 g/mol. The van der Waals surface area contributed by atoms with Crippen molar-refractivity contribution in [2.75, 3.05) is 5.32 Å². The zero-order chi connectivity index (χ0) is 26.8. The van der Waals surface area contributed by atoms with Crippen molar-refractivity contribution in [2.45, 2.75) is 26.5 Å². The van der Waals surface area contributed by atoms with E-state index in [-0.39, 0.29) is 21.7 Å². The van der Waals surface area contributed by atoms with E-state index in [0.29, 0.717) is 27.3 Å². The molecule has 2 heterocycles. The average Bonchev–Trinajstić information content (AvgIpc) is 3.20. The monoisotopic (exact) mass is 531 g/mol. The normalized spacial score (nSPS) is 15.3. The van der Waals surface area contributed by atoms with Gasteiger partial charge in [0, 0.05) is 11.3 Å². The minimum absolute atomic E-state index is 0.0394. The number of allylic oxidation sites excluding steroid dienone is 1. The number of aromatic nitrogens is 1. The number of aryl methyl sites for hydroxylation is 1. The number of nitrogens with one attached hydrogen (secondary N) is 1. The summed E-state index contributed by atoms with van der Waals surface area (Å²) in [6.45, 7) is 0.641. The summed E-state index contributed by atoms with van der Waals surface area (Å²) in [7, 11) is 0. The van der Waals surface area contributed by atoms with Crippen molar-refractivity contribution in [1.82, 2.24) is 4.57 Å². The number of fused-ring (bicyclic) bond motifs is 1. The van der Waals surface area contributed by atoms with Gasteiger partial charge < -0.3 is 10.1 Å². The molecule has 5 rings (SSSR count). The predicted molar refractivity (Wildman–Crippen MR) is 143 cm³/mol. The summed E-state index contributed by atoms with van der Waals surface area (Å²) >= 11 is 1.13. The molecular formula is C29H23F2N3O3S. The summed E-state index contributed by atoms with van der Waals surface area (Å²) in [4.78, 5) is 32.4. The lowest BCUT2D eigenvalue weighted by atomic mass is 9.95. The Balaban J connectivity index is 1.66. The van der Waals surface area contributed by atoms with Gasteiger partial charge in [-0.1, -0.05) is 78.1 Å². The first-order valence-electron chi connectivity index (χ1n) is 11.8. The van der Waals surface area contributed by atoms with Crippen molar-refractivity contribution in [1.29, 1.82) is 0 Å². The number of hydrogen-bond donors (Lipinski definition) is 1. The highest BCUT2D eigenvalue weighted by molar-refractivity contribution is 7.07. The third kappa shape index (κ3) is 4.92. The van der Waals surface area contributed by atoms with Crippen LogP contribution in [-0.2, 0) is 4.79 Å². The van der Waals surface area contributed by atoms with Crippen LogP contribution in [-0.4, -0.2) is 17.1 Å². The van der Waals surface area contributed by atoms with E-state index < -0.39 is 12.7 Å². The number of alkyl halides is 2. The van der Waals surface area contributed by atoms with Gasteiger partial charge in [-0.15, -0.1) is 0 Å². The van der Waals surface area contributed by atoms with E-state index in [0.717, 1.165) is 22.5 Å². The van der Waals surface area contributed by atoms with Gasteiger partial charge in [0.2, 0.25) is 0 Å². The predicted octanol–water partition coefficient (Wildman–Crippen LogP) is 4.78. The number of hydrogen-bond acceptors (Lipinski definition) is 5. The molecule has 4 aromatic rings. The number of para-hydroxylation sites is 2. The molecule has 0 fully saturated rings. The van der Waals surface area contributed by atoms with Crippen LogP contribution in [0.4, 0.5) is 14.5 Å². The number of rotatable bonds is 6. The molecule has 38 heavy (non-hydrogen) atoms. The summed E-state index contributed by atoms with van der Waals surface area (Å²) in [5, 5.41) is 2.97. The van der Waals surface area contributed by atoms with E-state index in [1.165, 1.54) is 16.7 Å². The molecule has 0 aliphatic carbocycles. The Bertz CT molecular complexity index is 1730. The summed E-state index contributed by atoms with van der Waals surface area (Å²) in [5.74, 6) is -0.401. The number of amides is 1. The quantitative estimate of drug-likeness (QED) is 0.389. The standard InChI is InChI=1S/C29H23F2N3O3S/c1-17-10-6-8-14-21(17)33-26(35)24-18(2)32-29-34(25(24)19-11-4-3-5-12-19)27(36)23(38-29)16-20-13-7-9-15-22(20)37-28(30)31/h3-16,25,28H,1-2H3,(H,33,35)/b23-16+. The summed E-state index contributed by atoms with van der Waals surface area (Å²) in [5.41, 5.74) is 3.09. The van der Waals surface area contributed by atoms with Gasteiger partial charge in [-0.3, -0.25) is 14.2 Å². The molecule has 1 N–H and O–H groups in total. The van der Waals surface area contributed by atoms with E-state index in [1.807, 2.05) is 61.5 Å². The summed E-state index contributed by atoms with van der Waals surface area (Å²) in [6, 6.07) is 22.2. The second-order valence-corrected chi connectivity index (χ2v) is 9.69. The Morgan fingerprint density at radius 2 is 1.71 bits per heavy atom. The van der Waals surface area contributed by atoms with Crippen LogP contribution in [0.2, 0.25) is 0 Å². The Hall–Kier alpha value is -4.37. The Labute approximate surface area is 220 Å². The number of ether oxygens (including phenoxy) is 1. The van der Waals surface area contributed by atoms with Crippen LogP contribution in [0.5, 0.6) is 5.75 Å². The molecule has 0 spiro atoms. The van der Waals surface area contributed by atoms with Crippen molar-refractivity contribution >= 4 is 29.0 Å². The van der Waals surface area contributed by atoms with Crippen LogP contribution in [0.15, 0.2) is 99.9 Å². The molecule has 1 amide bonds. The van der Waals surface area contributed by atoms with Crippen molar-refractivity contribution < 1.29 is 18.3 Å². The van der Waals surface area contributed by atoms with Crippen molar-refractivity contribution in [3.8, 4) is 5.75 Å². The number of carbonyl (C=O) groups excluding carboxylic acids is 1. The molecule has 6 nitrogen and oxygen atoms in total. The molecular weight excluding hydrogens is 508 g/mol. The van der Waals surface area contributed by atoms with Crippen LogP contribution in [0, 0.1) is 6.92 Å². The van der Waals surface area contributed by atoms with Gasteiger partial charge in [-0.05, 0) is 43.2 Å². The fourth-order valence-electron chi connectivity index (χ4n) is 4.41. The van der Waals surface area contributed by atoms with E-state index in [9.17, 15) is 18.4 Å². The Morgan fingerprint density at radius 3 is 2.45 bits per heavy atom. The molecule has 0 saturated carbocycles. The number of carbonyl (C=O) groups is 1. The number of nitrogens with zero attached hydrogens (tertiary/aromatic N) is 2. The maximum Gasteiger partial charge on any atom is 0.387 e. The molecule has 1 atom stereocenters. The molecule has 1 aromatic heterocycles. The number of benzene rings is 3. The van der Waals surface area contributed by atoms with E-state index >= 15 is 0 Å². The van der Waals surface area contributed by atoms with Crippen LogP contribution < -0.4 is 24.9 Å². The zero-order valence-electron chi connectivity index (χ0n) is 20.5. The second-order valence-electron chi connectivity index (χ2n) is 8.68. The van der Waals surface area contributed by atoms with Crippen molar-refractivity contribution in [3.05, 3.63) is 127 Å². The van der Waals surface area contributed by atoms with Gasteiger partial charge in [-0.2, -0.15) is 8.78 Å². The first-order valence-corrected chi connectivity index (χ1v) is 12.6. The minimum atomic E-state index is -3.00. The van der Waals surface area contributed by atoms with Gasteiger partial charge in [0.25, 0.3) is 11.5 Å². The lowest BCUT2D eigenvalue weighted by molar-refractivity contribution is -0.113. The van der Waals surface area contributed by atoms with Gasteiger partial charge in [0.1, 0.15) is 5.75 Å². The fourth-order valence-corrected chi connectivity index (χ4v) is 5.45. The highest BCUT2D eigenvalue weighted by Gasteiger charge is 2.32. The van der Waals surface area contributed by atoms with Crippen LogP contribution >= 0.6 is 11.3 Å². The lowest BCUT2D eigenvalue weighted by Gasteiger charge is -2.25. The van der Waals surface area contributed by atoms with Crippen LogP contribution in [0.25, 0.3) is 6.08 Å². The first-order chi connectivity index (χ1) is 18.3. The van der Waals surface area contributed by atoms with Crippen LogP contribution in [0.1, 0.15) is 29.7 Å². The molecule has 9 heteroatoms. The van der Waals surface area contributed by atoms with Crippen molar-refractivity contribution in [2.24, 2.45) is 4.99 Å². The minimum Gasteiger partial charge on any atom is -0.434 e. The largest absolute Gasteiger partial charge is 0.434 e. The van der Waals surface area contributed by atoms with Gasteiger partial charge in [0.15, 0.2) is 4.80 Å². The first kappa shape index (κ1) is 25.3. The molecule has 1 aliphatic heterocycles. The number of thiazole rings is 1. The summed E-state index contributed by atoms with van der Waals surface area (Å²) < 4.78 is 32.3. The molecule has 1 aliphatic rings. The number of halogens is 2. The van der Waals surface area contributed by atoms with E-state index in [1.54, 1.807) is 25.1 Å². The lowest BCUT2D eigenvalue weighted by Crippen LogP contribution is -2.40. The summed E-state index contributed by atoms with van der Waals surface area (Å²) in [6.07, 6.45) is 1.51. The smallest absolute Gasteiger partial charge is 0.387 e. The van der Waals surface area contributed by atoms with E-state index in [4.69, 9.17) is 0 Å². The molecule has 0 bridgehead atoms. The maximum absolute atomic E-state index is 13.8. The fraction of sp³-hybridized carbons (Fsp3) is 0.138. The zero-order valence-corrected chi connectivity index (χ0v) is 21.3. The topological polar surface area (TPSA) is 72.7 Å². The maximum atomic E-state index is 13.8. The molecule has 3 aromatic carbocycles. The highest BCUT2D eigenvalue weighted by Crippen LogP contribution is 2.31. The van der Waals surface area contributed by atoms with Gasteiger partial charge in [0.05, 0.1) is 21.8 Å². The van der Waals surface area contributed by atoms with Gasteiger partial charge in [-0.25, -0.2) is 4.99 Å². The molecule has 0 radical (unpaired) electrons. The third-order valence-corrected chi connectivity index (χ3v) is 7.18. The third-order valence-electron chi connectivity index (χ3n) is 6.20. The Kier molecular flexibility index (Phi) is 7.02. The van der Waals surface area contributed by atoms with E-state index in [2.05, 4.69) is 15.0 Å². The van der Waals surface area contributed by atoms with Gasteiger partial charge >= 0.3 is 6.61 Å². The Morgan fingerprint density at radius 1 is 1.03 bits per heavy atom. The highest BCUT2D eigenvalue weighted by atomic mass is 32.1.